The maximum atomic E-state index is 5.44. The molecule has 0 saturated heterocycles. The predicted octanol–water partition coefficient (Wildman–Crippen LogP) is 2.97. The lowest BCUT2D eigenvalue weighted by Gasteiger charge is -2.08. The second-order valence-corrected chi connectivity index (χ2v) is 4.49. The summed E-state index contributed by atoms with van der Waals surface area (Å²) in [7, 11) is 0. The fourth-order valence-electron chi connectivity index (χ4n) is 2.06. The molecule has 0 unspecified atom stereocenters. The molecule has 5 nitrogen and oxygen atoms in total. The first kappa shape index (κ1) is 12.5. The zero-order valence-corrected chi connectivity index (χ0v) is 11.3. The second kappa shape index (κ2) is 5.61. The average molecular weight is 268 g/mol. The van der Waals surface area contributed by atoms with Crippen molar-refractivity contribution < 1.29 is 4.74 Å². The zero-order valence-electron chi connectivity index (χ0n) is 11.3. The molecule has 20 heavy (non-hydrogen) atoms. The van der Waals surface area contributed by atoms with Gasteiger partial charge >= 0.3 is 0 Å². The molecule has 0 fully saturated rings. The van der Waals surface area contributed by atoms with Crippen molar-refractivity contribution in [2.75, 3.05) is 11.9 Å². The molecule has 102 valence electrons. The van der Waals surface area contributed by atoms with Crippen molar-refractivity contribution in [1.82, 2.24) is 15.2 Å². The molecule has 1 aromatic carbocycles. The number of nitrogens with zero attached hydrogens (tertiary/aromatic N) is 2. The third kappa shape index (κ3) is 2.71. The number of H-pyrrole nitrogens is 1. The first-order chi connectivity index (χ1) is 9.85. The third-order valence-corrected chi connectivity index (χ3v) is 3.02. The fourth-order valence-corrected chi connectivity index (χ4v) is 2.06. The molecule has 0 radical (unpaired) electrons. The lowest BCUT2D eigenvalue weighted by molar-refractivity contribution is 0.338. The number of fused-ring (bicyclic) bond motifs is 1. The molecule has 0 spiro atoms. The SMILES string of the molecule is CCOc1cncc(CNc2ccc3[nH]ncc3c2)c1. The molecular weight excluding hydrogens is 252 g/mol. The Hall–Kier alpha value is -2.56. The van der Waals surface area contributed by atoms with E-state index in [1.165, 1.54) is 0 Å². The smallest absolute Gasteiger partial charge is 0.137 e. The molecule has 5 heteroatoms. The van der Waals surface area contributed by atoms with Crippen LogP contribution in [0.3, 0.4) is 0 Å². The minimum Gasteiger partial charge on any atom is -0.492 e. The first-order valence-electron chi connectivity index (χ1n) is 6.59. The number of pyridine rings is 1. The van der Waals surface area contributed by atoms with Crippen molar-refractivity contribution in [2.45, 2.75) is 13.5 Å². The summed E-state index contributed by atoms with van der Waals surface area (Å²) in [6.07, 6.45) is 5.38. The number of benzene rings is 1. The topological polar surface area (TPSA) is 62.8 Å². The van der Waals surface area contributed by atoms with Gasteiger partial charge in [-0.2, -0.15) is 5.10 Å². The highest BCUT2D eigenvalue weighted by atomic mass is 16.5. The maximum absolute atomic E-state index is 5.44. The van der Waals surface area contributed by atoms with E-state index in [0.29, 0.717) is 13.2 Å². The van der Waals surface area contributed by atoms with Crippen LogP contribution in [0.1, 0.15) is 12.5 Å². The Morgan fingerprint density at radius 2 is 2.15 bits per heavy atom. The fraction of sp³-hybridized carbons (Fsp3) is 0.200. The van der Waals surface area contributed by atoms with Crippen molar-refractivity contribution in [3.8, 4) is 5.75 Å². The maximum Gasteiger partial charge on any atom is 0.137 e. The predicted molar refractivity (Wildman–Crippen MR) is 78.8 cm³/mol. The Bertz CT molecular complexity index is 708. The third-order valence-electron chi connectivity index (χ3n) is 3.02. The molecular formula is C15H16N4O. The number of nitrogens with one attached hydrogen (secondary N) is 2. The van der Waals surface area contributed by atoms with Crippen LogP contribution in [0.25, 0.3) is 10.9 Å². The van der Waals surface area contributed by atoms with Gasteiger partial charge in [-0.3, -0.25) is 10.1 Å². The van der Waals surface area contributed by atoms with E-state index >= 15 is 0 Å². The second-order valence-electron chi connectivity index (χ2n) is 4.49. The summed E-state index contributed by atoms with van der Waals surface area (Å²) in [6, 6.07) is 8.11. The van der Waals surface area contributed by atoms with Gasteiger partial charge in [0.2, 0.25) is 0 Å². The Kier molecular flexibility index (Phi) is 3.50. The number of hydrogen-bond donors (Lipinski definition) is 2. The highest BCUT2D eigenvalue weighted by molar-refractivity contribution is 5.81. The Balaban J connectivity index is 1.70. The summed E-state index contributed by atoms with van der Waals surface area (Å²) in [4.78, 5) is 4.18. The van der Waals surface area contributed by atoms with Gasteiger partial charge in [-0.1, -0.05) is 0 Å². The van der Waals surface area contributed by atoms with Crippen LogP contribution in [0, 0.1) is 0 Å². The summed E-state index contributed by atoms with van der Waals surface area (Å²) in [6.45, 7) is 3.32. The number of rotatable bonds is 5. The molecule has 2 aromatic heterocycles. The summed E-state index contributed by atoms with van der Waals surface area (Å²) in [5.41, 5.74) is 3.18. The molecule has 0 amide bonds. The zero-order chi connectivity index (χ0) is 13.8. The molecule has 2 N–H and O–H groups in total. The van der Waals surface area contributed by atoms with Crippen LogP contribution in [0.15, 0.2) is 42.9 Å². The van der Waals surface area contributed by atoms with Crippen molar-refractivity contribution in [2.24, 2.45) is 0 Å². The van der Waals surface area contributed by atoms with Gasteiger partial charge in [0, 0.05) is 23.8 Å². The van der Waals surface area contributed by atoms with E-state index in [4.69, 9.17) is 4.74 Å². The van der Waals surface area contributed by atoms with E-state index in [9.17, 15) is 0 Å². The standard InChI is InChI=1S/C15H16N4O/c1-2-20-14-5-11(7-16-10-14)8-17-13-3-4-15-12(6-13)9-18-19-15/h3-7,9-10,17H,2,8H2,1H3,(H,18,19). The van der Waals surface area contributed by atoms with Gasteiger partial charge in [-0.05, 0) is 36.8 Å². The van der Waals surface area contributed by atoms with E-state index in [2.05, 4.69) is 26.6 Å². The van der Waals surface area contributed by atoms with E-state index in [1.54, 1.807) is 6.20 Å². The molecule has 0 aliphatic rings. The minimum atomic E-state index is 0.649. The summed E-state index contributed by atoms with van der Waals surface area (Å²) < 4.78 is 5.44. The molecule has 0 bridgehead atoms. The minimum absolute atomic E-state index is 0.649. The van der Waals surface area contributed by atoms with Crippen molar-refractivity contribution >= 4 is 16.6 Å². The van der Waals surface area contributed by atoms with Gasteiger partial charge in [0.25, 0.3) is 0 Å². The van der Waals surface area contributed by atoms with Crippen LogP contribution in [-0.2, 0) is 6.54 Å². The Morgan fingerprint density at radius 3 is 3.05 bits per heavy atom. The largest absolute Gasteiger partial charge is 0.492 e. The molecule has 3 aromatic rings. The van der Waals surface area contributed by atoms with Crippen LogP contribution in [0.2, 0.25) is 0 Å². The highest BCUT2D eigenvalue weighted by Crippen LogP contribution is 2.18. The summed E-state index contributed by atoms with van der Waals surface area (Å²) in [5, 5.41) is 11.4. The quantitative estimate of drug-likeness (QED) is 0.746. The average Bonchev–Trinajstić information content (AvgIpc) is 2.93. The van der Waals surface area contributed by atoms with Crippen LogP contribution in [-0.4, -0.2) is 21.8 Å². The van der Waals surface area contributed by atoms with Gasteiger partial charge < -0.3 is 10.1 Å². The molecule has 2 heterocycles. The van der Waals surface area contributed by atoms with Gasteiger partial charge in [-0.15, -0.1) is 0 Å². The van der Waals surface area contributed by atoms with Gasteiger partial charge in [0.05, 0.1) is 24.5 Å². The molecule has 0 atom stereocenters. The number of ether oxygens (including phenoxy) is 1. The number of aromatic amines is 1. The van der Waals surface area contributed by atoms with Crippen LogP contribution < -0.4 is 10.1 Å². The van der Waals surface area contributed by atoms with Gasteiger partial charge in [0.1, 0.15) is 5.75 Å². The number of anilines is 1. The van der Waals surface area contributed by atoms with E-state index < -0.39 is 0 Å². The van der Waals surface area contributed by atoms with Gasteiger partial charge in [-0.25, -0.2) is 0 Å². The van der Waals surface area contributed by atoms with Crippen LogP contribution in [0.4, 0.5) is 5.69 Å². The highest BCUT2D eigenvalue weighted by Gasteiger charge is 2.00. The van der Waals surface area contributed by atoms with Crippen LogP contribution in [0.5, 0.6) is 5.75 Å². The first-order valence-corrected chi connectivity index (χ1v) is 6.59. The lowest BCUT2D eigenvalue weighted by atomic mass is 10.2. The van der Waals surface area contributed by atoms with E-state index in [1.807, 2.05) is 37.5 Å². The normalized spacial score (nSPS) is 10.7. The Labute approximate surface area is 117 Å². The lowest BCUT2D eigenvalue weighted by Crippen LogP contribution is -2.01. The summed E-state index contributed by atoms with van der Waals surface area (Å²) in [5.74, 6) is 0.803. The molecule has 3 rings (SSSR count). The van der Waals surface area contributed by atoms with Gasteiger partial charge in [0.15, 0.2) is 0 Å². The summed E-state index contributed by atoms with van der Waals surface area (Å²) >= 11 is 0. The van der Waals surface area contributed by atoms with Crippen molar-refractivity contribution in [3.63, 3.8) is 0 Å². The molecule has 0 saturated carbocycles. The van der Waals surface area contributed by atoms with Crippen LogP contribution >= 0.6 is 0 Å². The number of hydrogen-bond acceptors (Lipinski definition) is 4. The van der Waals surface area contributed by atoms with E-state index in [-0.39, 0.29) is 0 Å². The molecule has 0 aliphatic heterocycles. The van der Waals surface area contributed by atoms with Crippen molar-refractivity contribution in [3.05, 3.63) is 48.4 Å². The monoisotopic (exact) mass is 268 g/mol. The van der Waals surface area contributed by atoms with Crippen molar-refractivity contribution in [1.29, 1.82) is 0 Å². The number of aromatic nitrogens is 3. The molecule has 0 aliphatic carbocycles. The Morgan fingerprint density at radius 1 is 1.20 bits per heavy atom. The van der Waals surface area contributed by atoms with E-state index in [0.717, 1.165) is 27.9 Å².